The second-order valence-corrected chi connectivity index (χ2v) is 26.3. The second-order valence-electron chi connectivity index (χ2n) is 15.1. The number of nitrogens with zero attached hydrogens (tertiary/aromatic N) is 1. The maximum Gasteiger partial charge on any atom is 0.522 e. The van der Waals surface area contributed by atoms with E-state index in [-0.39, 0.29) is 30.0 Å². The van der Waals surface area contributed by atoms with E-state index in [0.29, 0.717) is 6.42 Å². The maximum atomic E-state index is 13.5. The third-order valence-corrected chi connectivity index (χ3v) is 20.4. The lowest BCUT2D eigenvalue weighted by atomic mass is 9.91. The Balaban J connectivity index is 0.000000433. The number of benzene rings is 2. The lowest BCUT2D eigenvalue weighted by molar-refractivity contribution is -0.133. The minimum atomic E-state index is -5.48. The third-order valence-electron chi connectivity index (χ3n) is 9.11. The van der Waals surface area contributed by atoms with Crippen LogP contribution in [0.25, 0.3) is 0 Å². The van der Waals surface area contributed by atoms with Crippen LogP contribution >= 0.6 is 0 Å². The van der Waals surface area contributed by atoms with Crippen molar-refractivity contribution >= 4 is 38.8 Å². The molecule has 0 bridgehead atoms. The van der Waals surface area contributed by atoms with Gasteiger partial charge in [-0.2, -0.15) is 21.6 Å². The molecule has 2 unspecified atom stereocenters. The Hall–Kier alpha value is -2.53. The van der Waals surface area contributed by atoms with Gasteiger partial charge in [0.15, 0.2) is 8.32 Å². The minimum Gasteiger partial charge on any atom is -0.447 e. The van der Waals surface area contributed by atoms with E-state index in [9.17, 15) is 31.2 Å². The van der Waals surface area contributed by atoms with Crippen molar-refractivity contribution < 1.29 is 44.2 Å². The fourth-order valence-corrected chi connectivity index (χ4v) is 9.52. The summed E-state index contributed by atoms with van der Waals surface area (Å²) in [7, 11) is -10.6. The summed E-state index contributed by atoms with van der Waals surface area (Å²) in [5.41, 5.74) is -4.19. The lowest BCUT2D eigenvalue weighted by Crippen LogP contribution is -2.50. The van der Waals surface area contributed by atoms with Crippen LogP contribution < -0.4 is 0 Å². The monoisotopic (exact) mass is 717 g/mol. The zero-order valence-electron chi connectivity index (χ0n) is 29.3. The van der Waals surface area contributed by atoms with E-state index in [4.69, 9.17) is 9.16 Å². The van der Waals surface area contributed by atoms with Crippen molar-refractivity contribution in [1.82, 2.24) is 4.90 Å². The highest BCUT2D eigenvalue weighted by Crippen LogP contribution is 2.44. The number of halogens is 3. The molecule has 2 amide bonds. The van der Waals surface area contributed by atoms with Crippen LogP contribution in [-0.4, -0.2) is 60.1 Å². The highest BCUT2D eigenvalue weighted by Gasteiger charge is 2.53. The Bertz CT molecular complexity index is 1470. The average molecular weight is 718 g/mol. The van der Waals surface area contributed by atoms with Crippen LogP contribution in [0.1, 0.15) is 66.0 Å². The standard InChI is InChI=1S/C26H35NO4Si.C7H15F3O3SSi/c1-25(2,3)32(5,6)31-26(4,21-15-11-8-12-16-21)18-23(28)27-22(19-30-24(27)29)17-20-13-9-7-10-14-20;1-6(2,3)15(4,5)13-14(11,12)7(8,9)10/h7-16,22H,17-19H2,1-6H3;1-5H3. The van der Waals surface area contributed by atoms with Gasteiger partial charge in [0.05, 0.1) is 18.1 Å². The summed E-state index contributed by atoms with van der Waals surface area (Å²) in [4.78, 5) is 27.4. The minimum absolute atomic E-state index is 0.0193. The summed E-state index contributed by atoms with van der Waals surface area (Å²) in [5.74, 6) is -0.265. The van der Waals surface area contributed by atoms with Gasteiger partial charge in [0.25, 0.3) is 0 Å². The first-order valence-electron chi connectivity index (χ1n) is 15.4. The van der Waals surface area contributed by atoms with Gasteiger partial charge in [0, 0.05) is 0 Å². The van der Waals surface area contributed by atoms with E-state index in [2.05, 4.69) is 37.7 Å². The number of hydrogen-bond acceptors (Lipinski definition) is 7. The summed E-state index contributed by atoms with van der Waals surface area (Å²) in [6, 6.07) is 19.4. The Labute approximate surface area is 280 Å². The number of amides is 2. The number of ether oxygens (including phenoxy) is 1. The third kappa shape index (κ3) is 10.5. The van der Waals surface area contributed by atoms with Crippen LogP contribution in [0, 0.1) is 0 Å². The van der Waals surface area contributed by atoms with Crippen molar-refractivity contribution in [3.63, 3.8) is 0 Å². The van der Waals surface area contributed by atoms with Crippen molar-refractivity contribution in [3.8, 4) is 0 Å². The number of carbonyl (C=O) groups is 2. The molecule has 0 saturated carbocycles. The molecule has 1 saturated heterocycles. The molecule has 0 spiro atoms. The van der Waals surface area contributed by atoms with Gasteiger partial charge in [-0.1, -0.05) is 102 Å². The average Bonchev–Trinajstić information content (AvgIpc) is 3.27. The van der Waals surface area contributed by atoms with Gasteiger partial charge in [-0.05, 0) is 60.7 Å². The summed E-state index contributed by atoms with van der Waals surface area (Å²) in [6.07, 6.45) is 0.0755. The Morgan fingerprint density at radius 3 is 1.77 bits per heavy atom. The van der Waals surface area contributed by atoms with E-state index < -0.39 is 49.0 Å². The number of rotatable bonds is 9. The first-order valence-corrected chi connectivity index (χ1v) is 22.7. The lowest BCUT2D eigenvalue weighted by Gasteiger charge is -2.44. The molecule has 0 aliphatic carbocycles. The van der Waals surface area contributed by atoms with Crippen molar-refractivity contribution in [1.29, 1.82) is 0 Å². The molecule has 2 atom stereocenters. The smallest absolute Gasteiger partial charge is 0.447 e. The van der Waals surface area contributed by atoms with Crippen LogP contribution in [-0.2, 0) is 40.0 Å². The summed E-state index contributed by atoms with van der Waals surface area (Å²) in [6.45, 7) is 20.9. The molecular weight excluding hydrogens is 668 g/mol. The molecule has 8 nitrogen and oxygen atoms in total. The molecule has 1 fully saturated rings. The van der Waals surface area contributed by atoms with Crippen LogP contribution in [0.2, 0.25) is 36.3 Å². The Morgan fingerprint density at radius 2 is 1.32 bits per heavy atom. The van der Waals surface area contributed by atoms with Crippen LogP contribution in [0.5, 0.6) is 0 Å². The fraction of sp³-hybridized carbons (Fsp3) is 0.576. The van der Waals surface area contributed by atoms with E-state index >= 15 is 0 Å². The SMILES string of the molecule is CC(C)(C)[Si](C)(C)OS(=O)(=O)C(F)(F)F.CC(CC(=O)N1C(=O)OCC1Cc1ccccc1)(O[Si](C)(C)C(C)(C)C)c1ccccc1. The van der Waals surface area contributed by atoms with Gasteiger partial charge in [-0.15, -0.1) is 0 Å². The highest BCUT2D eigenvalue weighted by molar-refractivity contribution is 7.88. The van der Waals surface area contributed by atoms with E-state index in [1.54, 1.807) is 20.8 Å². The Morgan fingerprint density at radius 1 is 0.851 bits per heavy atom. The number of hydrogen-bond donors (Lipinski definition) is 0. The number of imide groups is 1. The predicted octanol–water partition coefficient (Wildman–Crippen LogP) is 8.76. The summed E-state index contributed by atoms with van der Waals surface area (Å²) < 4.78 is 74.2. The fourth-order valence-electron chi connectivity index (χ4n) is 4.33. The molecule has 47 heavy (non-hydrogen) atoms. The van der Waals surface area contributed by atoms with Crippen LogP contribution in [0.4, 0.5) is 18.0 Å². The normalized spacial score (nSPS) is 17.8. The molecule has 2 aromatic carbocycles. The molecule has 3 rings (SSSR count). The van der Waals surface area contributed by atoms with Gasteiger partial charge in [0.2, 0.25) is 14.2 Å². The van der Waals surface area contributed by atoms with E-state index in [0.717, 1.165) is 11.1 Å². The van der Waals surface area contributed by atoms with Gasteiger partial charge in [0.1, 0.15) is 6.61 Å². The van der Waals surface area contributed by atoms with Gasteiger partial charge < -0.3 is 13.0 Å². The topological polar surface area (TPSA) is 99.2 Å². The zero-order valence-corrected chi connectivity index (χ0v) is 32.1. The largest absolute Gasteiger partial charge is 0.522 e. The molecule has 2 aromatic rings. The summed E-state index contributed by atoms with van der Waals surface area (Å²) >= 11 is 0. The maximum absolute atomic E-state index is 13.5. The molecule has 0 radical (unpaired) electrons. The quantitative estimate of drug-likeness (QED) is 0.189. The van der Waals surface area contributed by atoms with Gasteiger partial charge in [-0.3, -0.25) is 4.79 Å². The first kappa shape index (κ1) is 40.6. The molecule has 1 aliphatic rings. The number of alkyl halides is 3. The zero-order chi connectivity index (χ0) is 36.3. The molecule has 1 aliphatic heterocycles. The van der Waals surface area contributed by atoms with Gasteiger partial charge in [-0.25, -0.2) is 9.69 Å². The predicted molar refractivity (Wildman–Crippen MR) is 182 cm³/mol. The van der Waals surface area contributed by atoms with Crippen molar-refractivity contribution in [2.24, 2.45) is 0 Å². The van der Waals surface area contributed by atoms with Crippen molar-refractivity contribution in [2.75, 3.05) is 6.61 Å². The highest BCUT2D eigenvalue weighted by atomic mass is 32.2. The van der Waals surface area contributed by atoms with Crippen LogP contribution in [0.15, 0.2) is 60.7 Å². The van der Waals surface area contributed by atoms with Crippen molar-refractivity contribution in [3.05, 3.63) is 71.8 Å². The summed E-state index contributed by atoms with van der Waals surface area (Å²) in [5, 5.41) is -0.611. The second kappa shape index (κ2) is 14.5. The number of carbonyl (C=O) groups excluding carboxylic acids is 2. The Kier molecular flexibility index (Phi) is 12.6. The van der Waals surface area contributed by atoms with Crippen LogP contribution in [0.3, 0.4) is 0 Å². The first-order chi connectivity index (χ1) is 21.1. The molecule has 264 valence electrons. The molecule has 0 aromatic heterocycles. The van der Waals surface area contributed by atoms with Gasteiger partial charge >= 0.3 is 21.7 Å². The molecule has 0 N–H and O–H groups in total. The molecular formula is C33H50F3NO7SSi2. The van der Waals surface area contributed by atoms with E-state index in [1.165, 1.54) is 18.0 Å². The molecule has 1 heterocycles. The number of cyclic esters (lactones) is 1. The molecule has 14 heteroatoms. The van der Waals surface area contributed by atoms with E-state index in [1.807, 2.05) is 67.6 Å². The van der Waals surface area contributed by atoms with Crippen molar-refractivity contribution in [2.45, 2.75) is 115 Å².